The summed E-state index contributed by atoms with van der Waals surface area (Å²) in [6, 6.07) is 30.4. The Morgan fingerprint density at radius 3 is 1.78 bits per heavy atom. The maximum atomic E-state index is 13.1. The Kier molecular flexibility index (Phi) is 4.68. The monoisotopic (exact) mass is 356 g/mol. The highest BCUT2D eigenvalue weighted by atomic mass is 16.1. The molecule has 0 radical (unpaired) electrons. The minimum Gasteiger partial charge on any atom is -0.371 e. The van der Waals surface area contributed by atoms with Crippen LogP contribution in [0.1, 0.15) is 17.5 Å². The molecule has 27 heavy (non-hydrogen) atoms. The quantitative estimate of drug-likeness (QED) is 0.751. The van der Waals surface area contributed by atoms with E-state index in [1.54, 1.807) is 0 Å². The molecule has 0 aromatic heterocycles. The minimum absolute atomic E-state index is 0.111. The molecule has 1 atom stereocenters. The number of amides is 1. The van der Waals surface area contributed by atoms with Crippen molar-refractivity contribution >= 4 is 11.6 Å². The van der Waals surface area contributed by atoms with E-state index in [1.807, 2.05) is 66.7 Å². The minimum atomic E-state index is -0.827. The summed E-state index contributed by atoms with van der Waals surface area (Å²) < 4.78 is 0. The number of anilines is 1. The van der Waals surface area contributed by atoms with Crippen LogP contribution in [0.2, 0.25) is 0 Å². The molecule has 0 spiro atoms. The first kappa shape index (κ1) is 17.3. The Balaban J connectivity index is 1.81. The third kappa shape index (κ3) is 2.99. The van der Waals surface area contributed by atoms with Crippen LogP contribution in [-0.4, -0.2) is 19.0 Å². The van der Waals surface area contributed by atoms with Crippen molar-refractivity contribution in [3.05, 3.63) is 102 Å². The summed E-state index contributed by atoms with van der Waals surface area (Å²) in [5.41, 5.74) is 8.46. The highest BCUT2D eigenvalue weighted by Crippen LogP contribution is 2.44. The van der Waals surface area contributed by atoms with Gasteiger partial charge in [-0.15, -0.1) is 0 Å². The molecule has 1 aliphatic rings. The molecule has 2 N–H and O–H groups in total. The summed E-state index contributed by atoms with van der Waals surface area (Å²) in [6.45, 7) is 1.72. The molecular formula is C24H24N2O. The molecule has 1 saturated heterocycles. The average molecular weight is 356 g/mol. The second kappa shape index (κ2) is 7.28. The van der Waals surface area contributed by atoms with E-state index in [1.165, 1.54) is 5.69 Å². The lowest BCUT2D eigenvalue weighted by Gasteiger charge is -2.37. The predicted molar refractivity (Wildman–Crippen MR) is 110 cm³/mol. The van der Waals surface area contributed by atoms with Gasteiger partial charge in [0.05, 0.1) is 0 Å². The summed E-state index contributed by atoms with van der Waals surface area (Å²) in [4.78, 5) is 15.4. The maximum Gasteiger partial charge on any atom is 0.232 e. The second-order valence-electron chi connectivity index (χ2n) is 7.17. The molecule has 1 aliphatic heterocycles. The fraction of sp³-hybridized carbons (Fsp3) is 0.208. The van der Waals surface area contributed by atoms with Gasteiger partial charge >= 0.3 is 0 Å². The number of carbonyl (C=O) groups excluding carboxylic acids is 1. The lowest BCUT2D eigenvalue weighted by molar-refractivity contribution is -0.123. The summed E-state index contributed by atoms with van der Waals surface area (Å²) in [7, 11) is 0. The first-order chi connectivity index (χ1) is 13.2. The number of nitrogens with zero attached hydrogens (tertiary/aromatic N) is 1. The highest BCUT2D eigenvalue weighted by molar-refractivity contribution is 5.91. The first-order valence-corrected chi connectivity index (χ1v) is 9.44. The van der Waals surface area contributed by atoms with E-state index in [2.05, 4.69) is 29.2 Å². The molecule has 4 rings (SSSR count). The fourth-order valence-electron chi connectivity index (χ4n) is 4.51. The number of nitrogens with two attached hydrogens (primary N) is 1. The summed E-state index contributed by atoms with van der Waals surface area (Å²) >= 11 is 0. The van der Waals surface area contributed by atoms with Crippen molar-refractivity contribution in [3.63, 3.8) is 0 Å². The van der Waals surface area contributed by atoms with Crippen LogP contribution in [0.25, 0.3) is 0 Å². The molecule has 0 aliphatic carbocycles. The van der Waals surface area contributed by atoms with Crippen molar-refractivity contribution in [1.29, 1.82) is 0 Å². The summed E-state index contributed by atoms with van der Waals surface area (Å²) in [6.07, 6.45) is 0.918. The Bertz CT molecular complexity index is 854. The van der Waals surface area contributed by atoms with Crippen LogP contribution in [0.3, 0.4) is 0 Å². The van der Waals surface area contributed by atoms with Crippen molar-refractivity contribution < 1.29 is 4.79 Å². The number of benzene rings is 3. The van der Waals surface area contributed by atoms with Gasteiger partial charge in [-0.25, -0.2) is 0 Å². The molecule has 1 amide bonds. The molecule has 3 aromatic rings. The van der Waals surface area contributed by atoms with E-state index in [4.69, 9.17) is 5.73 Å². The second-order valence-corrected chi connectivity index (χ2v) is 7.17. The number of primary amides is 1. The van der Waals surface area contributed by atoms with E-state index in [0.717, 1.165) is 30.6 Å². The first-order valence-electron chi connectivity index (χ1n) is 9.44. The van der Waals surface area contributed by atoms with Gasteiger partial charge in [-0.3, -0.25) is 4.79 Å². The Hall–Kier alpha value is -3.07. The van der Waals surface area contributed by atoms with Crippen molar-refractivity contribution in [2.75, 3.05) is 18.0 Å². The van der Waals surface area contributed by atoms with Gasteiger partial charge in [-0.2, -0.15) is 0 Å². The SMILES string of the molecule is NC(=O)C(c1ccccc1)(c1ccccc1)C1CCN(c2ccccc2)C1. The predicted octanol–water partition coefficient (Wildman–Crippen LogP) is 3.98. The van der Waals surface area contributed by atoms with Gasteiger partial charge in [-0.1, -0.05) is 78.9 Å². The lowest BCUT2D eigenvalue weighted by Crippen LogP contribution is -2.49. The van der Waals surface area contributed by atoms with Gasteiger partial charge in [0.15, 0.2) is 0 Å². The Labute approximate surface area is 160 Å². The van der Waals surface area contributed by atoms with E-state index in [9.17, 15) is 4.79 Å². The molecule has 0 bridgehead atoms. The fourth-order valence-corrected chi connectivity index (χ4v) is 4.51. The van der Waals surface area contributed by atoms with E-state index in [0.29, 0.717) is 0 Å². The molecule has 0 saturated carbocycles. The van der Waals surface area contributed by atoms with Crippen LogP contribution < -0.4 is 10.6 Å². The Morgan fingerprint density at radius 1 is 0.815 bits per heavy atom. The summed E-state index contributed by atoms with van der Waals surface area (Å²) in [5.74, 6) is -0.167. The maximum absolute atomic E-state index is 13.1. The van der Waals surface area contributed by atoms with Gasteiger partial charge in [0.1, 0.15) is 5.41 Å². The molecule has 1 fully saturated rings. The molecular weight excluding hydrogens is 332 g/mol. The largest absolute Gasteiger partial charge is 0.371 e. The zero-order valence-electron chi connectivity index (χ0n) is 15.3. The van der Waals surface area contributed by atoms with Crippen LogP contribution in [0.5, 0.6) is 0 Å². The number of para-hydroxylation sites is 1. The molecule has 1 heterocycles. The van der Waals surface area contributed by atoms with Crippen molar-refractivity contribution in [2.45, 2.75) is 11.8 Å². The standard InChI is InChI=1S/C24H24N2O/c25-23(27)24(19-10-4-1-5-11-19,20-12-6-2-7-13-20)21-16-17-26(18-21)22-14-8-3-9-15-22/h1-15,21H,16-18H2,(H2,25,27). The molecule has 136 valence electrons. The highest BCUT2D eigenvalue weighted by Gasteiger charge is 2.49. The van der Waals surface area contributed by atoms with E-state index >= 15 is 0 Å². The average Bonchev–Trinajstić information content (AvgIpc) is 3.21. The smallest absolute Gasteiger partial charge is 0.232 e. The van der Waals surface area contributed by atoms with Gasteiger partial charge in [0.2, 0.25) is 5.91 Å². The molecule has 3 nitrogen and oxygen atoms in total. The topological polar surface area (TPSA) is 46.3 Å². The van der Waals surface area contributed by atoms with Crippen LogP contribution >= 0.6 is 0 Å². The van der Waals surface area contributed by atoms with Gasteiger partial charge in [0.25, 0.3) is 0 Å². The van der Waals surface area contributed by atoms with Crippen LogP contribution in [-0.2, 0) is 10.2 Å². The van der Waals surface area contributed by atoms with Crippen molar-refractivity contribution in [3.8, 4) is 0 Å². The zero-order valence-corrected chi connectivity index (χ0v) is 15.3. The van der Waals surface area contributed by atoms with E-state index in [-0.39, 0.29) is 11.8 Å². The van der Waals surface area contributed by atoms with Crippen LogP contribution in [0, 0.1) is 5.92 Å². The zero-order chi connectivity index (χ0) is 18.7. The number of hydrogen-bond acceptors (Lipinski definition) is 2. The van der Waals surface area contributed by atoms with Crippen molar-refractivity contribution in [1.82, 2.24) is 0 Å². The molecule has 3 heteroatoms. The lowest BCUT2D eigenvalue weighted by atomic mass is 9.64. The van der Waals surface area contributed by atoms with Gasteiger partial charge < -0.3 is 10.6 Å². The van der Waals surface area contributed by atoms with Crippen LogP contribution in [0.15, 0.2) is 91.0 Å². The Morgan fingerprint density at radius 2 is 1.30 bits per heavy atom. The molecule has 1 unspecified atom stereocenters. The van der Waals surface area contributed by atoms with Gasteiger partial charge in [0, 0.05) is 24.7 Å². The summed E-state index contributed by atoms with van der Waals surface area (Å²) in [5, 5.41) is 0. The number of rotatable bonds is 5. The third-order valence-electron chi connectivity index (χ3n) is 5.77. The number of hydrogen-bond donors (Lipinski definition) is 1. The third-order valence-corrected chi connectivity index (χ3v) is 5.77. The molecule has 3 aromatic carbocycles. The number of carbonyl (C=O) groups is 1. The van der Waals surface area contributed by atoms with Gasteiger partial charge in [-0.05, 0) is 29.7 Å². The van der Waals surface area contributed by atoms with Crippen LogP contribution in [0.4, 0.5) is 5.69 Å². The van der Waals surface area contributed by atoms with E-state index < -0.39 is 5.41 Å². The van der Waals surface area contributed by atoms with Crippen molar-refractivity contribution in [2.24, 2.45) is 11.7 Å². The normalized spacial score (nSPS) is 17.0.